The summed E-state index contributed by atoms with van der Waals surface area (Å²) in [6.07, 6.45) is 1.25. The maximum Gasteiger partial charge on any atom is 0.339 e. The van der Waals surface area contributed by atoms with E-state index < -0.39 is 28.0 Å². The van der Waals surface area contributed by atoms with Gasteiger partial charge in [0.25, 0.3) is 11.8 Å². The van der Waals surface area contributed by atoms with Gasteiger partial charge in [-0.2, -0.15) is 8.42 Å². The Balaban J connectivity index is 1.38. The molecule has 1 aliphatic rings. The van der Waals surface area contributed by atoms with Crippen LogP contribution < -0.4 is 23.9 Å². The summed E-state index contributed by atoms with van der Waals surface area (Å²) in [5, 5.41) is 2.73. The normalized spacial score (nSPS) is 14.4. The lowest BCUT2D eigenvalue weighted by Crippen LogP contribution is -2.54. The first kappa shape index (κ1) is 31.8. The number of rotatable bonds is 9. The fourth-order valence-corrected chi connectivity index (χ4v) is 6.09. The van der Waals surface area contributed by atoms with Gasteiger partial charge in [0.2, 0.25) is 0 Å². The highest BCUT2D eigenvalue weighted by Gasteiger charge is 2.37. The second-order valence-corrected chi connectivity index (χ2v) is 12.5. The zero-order valence-corrected chi connectivity index (χ0v) is 26.9. The highest BCUT2D eigenvalue weighted by atomic mass is 79.9. The number of methoxy groups -OCH3 is 1. The van der Waals surface area contributed by atoms with Crippen molar-refractivity contribution in [3.05, 3.63) is 117 Å². The fraction of sp³-hybridized carbons (Fsp3) is 0.0938. The van der Waals surface area contributed by atoms with Gasteiger partial charge in [-0.3, -0.25) is 14.9 Å². The number of hydrogen-bond donors (Lipinski definition) is 1. The van der Waals surface area contributed by atoms with Crippen LogP contribution in [0, 0.1) is 6.92 Å². The lowest BCUT2D eigenvalue weighted by molar-refractivity contribution is -0.122. The fourth-order valence-electron chi connectivity index (χ4n) is 4.29. The molecule has 0 unspecified atom stereocenters. The molecule has 1 fully saturated rings. The highest BCUT2D eigenvalue weighted by molar-refractivity contribution is 9.10. The number of anilines is 1. The topological polar surface area (TPSA) is 128 Å². The Kier molecular flexibility index (Phi) is 9.28. The van der Waals surface area contributed by atoms with Gasteiger partial charge in [-0.1, -0.05) is 47.5 Å². The zero-order valence-electron chi connectivity index (χ0n) is 23.7. The van der Waals surface area contributed by atoms with Gasteiger partial charge in [0.15, 0.2) is 11.5 Å². The predicted octanol–water partition coefficient (Wildman–Crippen LogP) is 6.43. The Morgan fingerprint density at radius 1 is 0.956 bits per heavy atom. The Bertz CT molecular complexity index is 1950. The van der Waals surface area contributed by atoms with E-state index in [-0.39, 0.29) is 44.3 Å². The number of ether oxygens (including phenoxy) is 2. The molecule has 0 aliphatic carbocycles. The van der Waals surface area contributed by atoms with Gasteiger partial charge < -0.3 is 13.7 Å². The van der Waals surface area contributed by atoms with E-state index in [1.807, 2.05) is 25.1 Å². The third-order valence-electron chi connectivity index (χ3n) is 6.61. The number of imide groups is 2. The molecule has 0 spiro atoms. The van der Waals surface area contributed by atoms with E-state index in [4.69, 9.17) is 25.3 Å². The van der Waals surface area contributed by atoms with Gasteiger partial charge in [0, 0.05) is 10.6 Å². The number of nitrogens with zero attached hydrogens (tertiary/aromatic N) is 1. The monoisotopic (exact) mass is 710 g/mol. The minimum absolute atomic E-state index is 0.0101. The molecule has 13 heteroatoms. The molecule has 45 heavy (non-hydrogen) atoms. The molecule has 4 aromatic rings. The molecule has 4 aromatic carbocycles. The highest BCUT2D eigenvalue weighted by Crippen LogP contribution is 2.39. The van der Waals surface area contributed by atoms with Crippen LogP contribution in [0.15, 0.2) is 99.9 Å². The third kappa shape index (κ3) is 7.03. The SMILES string of the molecule is COc1cc(/C=C2\C(=O)NC(=O)N(c3ccc(OCc4ccccc4Cl)cc3)C2=O)cc(Br)c1OS(=O)(=O)c1ccc(C)cc1. The van der Waals surface area contributed by atoms with Gasteiger partial charge in [0.05, 0.1) is 17.3 Å². The molecular formula is C32H24BrClN2O8S. The summed E-state index contributed by atoms with van der Waals surface area (Å²) < 4.78 is 42.5. The molecule has 5 rings (SSSR count). The van der Waals surface area contributed by atoms with Gasteiger partial charge in [-0.25, -0.2) is 9.69 Å². The Morgan fingerprint density at radius 3 is 2.31 bits per heavy atom. The first-order chi connectivity index (χ1) is 21.5. The predicted molar refractivity (Wildman–Crippen MR) is 171 cm³/mol. The van der Waals surface area contributed by atoms with Crippen LogP contribution in [0.2, 0.25) is 5.02 Å². The Morgan fingerprint density at radius 2 is 1.64 bits per heavy atom. The van der Waals surface area contributed by atoms with Crippen LogP contribution in [0.5, 0.6) is 17.2 Å². The molecular weight excluding hydrogens is 688 g/mol. The number of nitrogens with one attached hydrogen (secondary N) is 1. The average molecular weight is 712 g/mol. The standard InChI is InChI=1S/C32H24BrClN2O8S/c1-19-7-13-24(14-8-19)45(40,41)44-29-26(33)16-20(17-28(29)42-2)15-25-30(37)35-32(39)36(31(25)38)22-9-11-23(12-10-22)43-18-21-5-3-4-6-27(21)34/h3-17H,18H2,1-2H3,(H,35,37,39)/b25-15+. The maximum absolute atomic E-state index is 13.4. The number of benzene rings is 4. The molecule has 0 atom stereocenters. The van der Waals surface area contributed by atoms with E-state index in [0.717, 1.165) is 16.0 Å². The van der Waals surface area contributed by atoms with Gasteiger partial charge in [-0.05, 0) is 89.1 Å². The number of barbiturate groups is 1. The summed E-state index contributed by atoms with van der Waals surface area (Å²) in [6.45, 7) is 2.04. The number of urea groups is 1. The quantitative estimate of drug-likeness (QED) is 0.120. The molecule has 1 aliphatic heterocycles. The molecule has 230 valence electrons. The molecule has 1 N–H and O–H groups in total. The molecule has 10 nitrogen and oxygen atoms in total. The lowest BCUT2D eigenvalue weighted by Gasteiger charge is -2.26. The van der Waals surface area contributed by atoms with E-state index in [0.29, 0.717) is 10.8 Å². The molecule has 0 aromatic heterocycles. The molecule has 1 saturated heterocycles. The first-order valence-corrected chi connectivity index (χ1v) is 15.8. The van der Waals surface area contributed by atoms with Crippen molar-refractivity contribution in [3.8, 4) is 17.2 Å². The van der Waals surface area contributed by atoms with Crippen LogP contribution in [0.1, 0.15) is 16.7 Å². The molecule has 0 bridgehead atoms. The molecule has 0 radical (unpaired) electrons. The van der Waals surface area contributed by atoms with Crippen LogP contribution >= 0.6 is 27.5 Å². The molecule has 1 heterocycles. The summed E-state index contributed by atoms with van der Waals surface area (Å²) in [5.74, 6) is -1.42. The summed E-state index contributed by atoms with van der Waals surface area (Å²) in [4.78, 5) is 39.7. The number of hydrogen-bond acceptors (Lipinski definition) is 8. The van der Waals surface area contributed by atoms with Gasteiger partial charge >= 0.3 is 16.1 Å². The first-order valence-electron chi connectivity index (χ1n) is 13.2. The van der Waals surface area contributed by atoms with Crippen molar-refractivity contribution in [2.75, 3.05) is 12.0 Å². The van der Waals surface area contributed by atoms with E-state index in [9.17, 15) is 22.8 Å². The second kappa shape index (κ2) is 13.1. The van der Waals surface area contributed by atoms with Crippen molar-refractivity contribution in [1.29, 1.82) is 0 Å². The number of aryl methyl sites for hydroxylation is 1. The largest absolute Gasteiger partial charge is 0.493 e. The van der Waals surface area contributed by atoms with Gasteiger partial charge in [-0.15, -0.1) is 0 Å². The van der Waals surface area contributed by atoms with E-state index in [1.54, 1.807) is 30.3 Å². The van der Waals surface area contributed by atoms with Crippen LogP contribution in [0.4, 0.5) is 10.5 Å². The van der Waals surface area contributed by atoms with Crippen molar-refractivity contribution in [2.45, 2.75) is 18.4 Å². The second-order valence-electron chi connectivity index (χ2n) is 9.72. The molecule has 0 saturated carbocycles. The van der Waals surface area contributed by atoms with Gasteiger partial charge in [0.1, 0.15) is 22.8 Å². The minimum Gasteiger partial charge on any atom is -0.493 e. The van der Waals surface area contributed by atoms with Crippen molar-refractivity contribution in [1.82, 2.24) is 5.32 Å². The van der Waals surface area contributed by atoms with E-state index >= 15 is 0 Å². The minimum atomic E-state index is -4.21. The third-order valence-corrected chi connectivity index (χ3v) is 8.81. The van der Waals surface area contributed by atoms with Crippen molar-refractivity contribution < 1.29 is 36.5 Å². The smallest absolute Gasteiger partial charge is 0.339 e. The van der Waals surface area contributed by atoms with Crippen molar-refractivity contribution in [3.63, 3.8) is 0 Å². The number of carbonyl (C=O) groups excluding carboxylic acids is 3. The van der Waals surface area contributed by atoms with E-state index in [1.165, 1.54) is 49.6 Å². The van der Waals surface area contributed by atoms with Crippen LogP contribution in [-0.2, 0) is 26.3 Å². The van der Waals surface area contributed by atoms with Crippen LogP contribution in [0.25, 0.3) is 6.08 Å². The van der Waals surface area contributed by atoms with Crippen molar-refractivity contribution in [2.24, 2.45) is 0 Å². The lowest BCUT2D eigenvalue weighted by atomic mass is 10.1. The van der Waals surface area contributed by atoms with Crippen molar-refractivity contribution >= 4 is 67.3 Å². The number of halogens is 2. The molecule has 4 amide bonds. The average Bonchev–Trinajstić information content (AvgIpc) is 3.00. The zero-order chi connectivity index (χ0) is 32.3. The summed E-state index contributed by atoms with van der Waals surface area (Å²) in [5.41, 5.74) is 1.81. The maximum atomic E-state index is 13.4. The number of carbonyl (C=O) groups is 3. The van der Waals surface area contributed by atoms with Crippen LogP contribution in [0.3, 0.4) is 0 Å². The number of amides is 4. The summed E-state index contributed by atoms with van der Waals surface area (Å²) >= 11 is 9.48. The van der Waals surface area contributed by atoms with E-state index in [2.05, 4.69) is 21.2 Å². The Labute approximate surface area is 272 Å². The Hall–Kier alpha value is -4.65. The summed E-state index contributed by atoms with van der Waals surface area (Å²) in [7, 11) is -2.90. The summed E-state index contributed by atoms with van der Waals surface area (Å²) in [6, 6.07) is 21.5. The van der Waals surface area contributed by atoms with Crippen LogP contribution in [-0.4, -0.2) is 33.4 Å².